The number of anilines is 2. The van der Waals surface area contributed by atoms with Crippen LogP contribution in [0, 0.1) is 0 Å². The number of aromatic nitrogens is 2. The molecule has 0 radical (unpaired) electrons. The highest BCUT2D eigenvalue weighted by molar-refractivity contribution is 6.28. The molecular formula is C7H10ClN5O. The zero-order chi connectivity index (χ0) is 10.7. The Morgan fingerprint density at radius 3 is 2.93 bits per heavy atom. The van der Waals surface area contributed by atoms with Crippen molar-refractivity contribution in [3.8, 4) is 0 Å². The number of rotatable bonds is 3. The molecule has 0 fully saturated rings. The van der Waals surface area contributed by atoms with Crippen molar-refractivity contribution in [3.63, 3.8) is 0 Å². The van der Waals surface area contributed by atoms with Crippen molar-refractivity contribution in [2.45, 2.75) is 13.0 Å². The predicted octanol–water partition coefficient (Wildman–Crippen LogP) is -0.00210. The number of nitrogens with two attached hydrogens (primary N) is 2. The molecule has 1 rings (SSSR count). The van der Waals surface area contributed by atoms with E-state index in [1.54, 1.807) is 6.92 Å². The number of nitrogens with zero attached hydrogens (tertiary/aromatic N) is 2. The molecule has 7 heteroatoms. The van der Waals surface area contributed by atoms with Gasteiger partial charge in [0.15, 0.2) is 5.82 Å². The van der Waals surface area contributed by atoms with Crippen LogP contribution in [-0.4, -0.2) is 21.9 Å². The lowest BCUT2D eigenvalue weighted by molar-refractivity contribution is -0.118. The summed E-state index contributed by atoms with van der Waals surface area (Å²) in [5.74, 6) is -0.199. The van der Waals surface area contributed by atoms with E-state index in [2.05, 4.69) is 15.3 Å². The number of nitrogens with one attached hydrogen (secondary N) is 1. The molecule has 0 aromatic carbocycles. The molecule has 76 valence electrons. The largest absolute Gasteiger partial charge is 0.394 e. The molecule has 0 saturated carbocycles. The minimum Gasteiger partial charge on any atom is -0.394 e. The second kappa shape index (κ2) is 4.10. The van der Waals surface area contributed by atoms with Gasteiger partial charge in [-0.1, -0.05) is 0 Å². The van der Waals surface area contributed by atoms with E-state index < -0.39 is 11.9 Å². The maximum absolute atomic E-state index is 10.7. The molecule has 0 aliphatic heterocycles. The van der Waals surface area contributed by atoms with Crippen molar-refractivity contribution in [1.82, 2.24) is 9.97 Å². The van der Waals surface area contributed by atoms with Gasteiger partial charge in [0.1, 0.15) is 6.04 Å². The van der Waals surface area contributed by atoms with E-state index in [0.29, 0.717) is 11.5 Å². The van der Waals surface area contributed by atoms with Gasteiger partial charge in [-0.25, -0.2) is 4.98 Å². The third-order valence-corrected chi connectivity index (χ3v) is 1.75. The van der Waals surface area contributed by atoms with E-state index in [-0.39, 0.29) is 5.28 Å². The number of hydrogen-bond donors (Lipinski definition) is 3. The molecule has 1 unspecified atom stereocenters. The molecule has 14 heavy (non-hydrogen) atoms. The second-order valence-electron chi connectivity index (χ2n) is 2.71. The van der Waals surface area contributed by atoms with Crippen molar-refractivity contribution in [3.05, 3.63) is 11.5 Å². The van der Waals surface area contributed by atoms with Crippen molar-refractivity contribution >= 4 is 29.0 Å². The van der Waals surface area contributed by atoms with Gasteiger partial charge in [0.25, 0.3) is 0 Å². The standard InChI is InChI=1S/C7H10ClN5O/c1-3(5(10)14)12-6-4(9)2-11-7(8)13-6/h2-3H,9H2,1H3,(H2,10,14)(H,11,12,13). The van der Waals surface area contributed by atoms with E-state index in [9.17, 15) is 4.79 Å². The fourth-order valence-corrected chi connectivity index (χ4v) is 0.895. The lowest BCUT2D eigenvalue weighted by Gasteiger charge is -2.11. The molecule has 5 N–H and O–H groups in total. The highest BCUT2D eigenvalue weighted by atomic mass is 35.5. The molecule has 1 aromatic rings. The number of primary amides is 1. The molecule has 0 aliphatic rings. The number of nitrogen functional groups attached to an aromatic ring is 1. The van der Waals surface area contributed by atoms with Crippen LogP contribution < -0.4 is 16.8 Å². The van der Waals surface area contributed by atoms with Crippen molar-refractivity contribution in [2.75, 3.05) is 11.1 Å². The van der Waals surface area contributed by atoms with Gasteiger partial charge in [-0.15, -0.1) is 0 Å². The maximum atomic E-state index is 10.7. The third-order valence-electron chi connectivity index (χ3n) is 1.57. The Bertz CT molecular complexity index is 356. The van der Waals surface area contributed by atoms with Gasteiger partial charge in [0.05, 0.1) is 11.9 Å². The Morgan fingerprint density at radius 2 is 2.36 bits per heavy atom. The van der Waals surface area contributed by atoms with Gasteiger partial charge < -0.3 is 16.8 Å². The average Bonchev–Trinajstić information content (AvgIpc) is 2.11. The van der Waals surface area contributed by atoms with Gasteiger partial charge in [-0.05, 0) is 18.5 Å². The predicted molar refractivity (Wildman–Crippen MR) is 53.7 cm³/mol. The highest BCUT2D eigenvalue weighted by Gasteiger charge is 2.11. The molecule has 0 aliphatic carbocycles. The Labute approximate surface area is 85.7 Å². The summed E-state index contributed by atoms with van der Waals surface area (Å²) in [7, 11) is 0. The van der Waals surface area contributed by atoms with Gasteiger partial charge >= 0.3 is 0 Å². The SMILES string of the molecule is CC(Nc1nc(Cl)ncc1N)C(N)=O. The minimum absolute atomic E-state index is 0.0540. The number of carbonyl (C=O) groups is 1. The van der Waals surface area contributed by atoms with Crippen molar-refractivity contribution in [1.29, 1.82) is 0 Å². The van der Waals surface area contributed by atoms with Gasteiger partial charge in [0, 0.05) is 0 Å². The summed E-state index contributed by atoms with van der Waals surface area (Å²) >= 11 is 5.55. The highest BCUT2D eigenvalue weighted by Crippen LogP contribution is 2.16. The summed E-state index contributed by atoms with van der Waals surface area (Å²) < 4.78 is 0. The third kappa shape index (κ3) is 2.46. The van der Waals surface area contributed by atoms with Crippen molar-refractivity contribution < 1.29 is 4.79 Å². The molecule has 0 spiro atoms. The van der Waals surface area contributed by atoms with Crippen LogP contribution >= 0.6 is 11.6 Å². The summed E-state index contributed by atoms with van der Waals surface area (Å²) in [6, 6.07) is -0.566. The number of hydrogen-bond acceptors (Lipinski definition) is 5. The second-order valence-corrected chi connectivity index (χ2v) is 3.05. The van der Waals surface area contributed by atoms with Gasteiger partial charge in [-0.2, -0.15) is 4.98 Å². The summed E-state index contributed by atoms with van der Waals surface area (Å²) in [6.07, 6.45) is 1.35. The van der Waals surface area contributed by atoms with E-state index in [1.165, 1.54) is 6.20 Å². The molecule has 1 heterocycles. The van der Waals surface area contributed by atoms with Crippen LogP contribution in [0.2, 0.25) is 5.28 Å². The van der Waals surface area contributed by atoms with Crippen molar-refractivity contribution in [2.24, 2.45) is 5.73 Å². The first kappa shape index (κ1) is 10.5. The summed E-state index contributed by atoms with van der Waals surface area (Å²) in [5, 5.41) is 2.77. The summed E-state index contributed by atoms with van der Waals surface area (Å²) in [4.78, 5) is 18.2. The topological polar surface area (TPSA) is 107 Å². The maximum Gasteiger partial charge on any atom is 0.239 e. The van der Waals surface area contributed by atoms with Crippen LogP contribution in [0.5, 0.6) is 0 Å². The zero-order valence-electron chi connectivity index (χ0n) is 7.49. The Kier molecular flexibility index (Phi) is 3.08. The van der Waals surface area contributed by atoms with Crippen LogP contribution in [0.25, 0.3) is 0 Å². The molecule has 1 aromatic heterocycles. The zero-order valence-corrected chi connectivity index (χ0v) is 8.25. The smallest absolute Gasteiger partial charge is 0.239 e. The quantitative estimate of drug-likeness (QED) is 0.615. The van der Waals surface area contributed by atoms with E-state index in [1.807, 2.05) is 0 Å². The number of halogens is 1. The Hall–Kier alpha value is -1.56. The lowest BCUT2D eigenvalue weighted by atomic mass is 10.3. The van der Waals surface area contributed by atoms with Crippen LogP contribution in [0.4, 0.5) is 11.5 Å². The Morgan fingerprint density at radius 1 is 1.71 bits per heavy atom. The average molecular weight is 216 g/mol. The van der Waals surface area contributed by atoms with Crippen LogP contribution in [0.3, 0.4) is 0 Å². The van der Waals surface area contributed by atoms with Gasteiger partial charge in [0.2, 0.25) is 11.2 Å². The Balaban J connectivity index is 2.85. The summed E-state index contributed by atoms with van der Waals surface area (Å²) in [5.41, 5.74) is 10.9. The lowest BCUT2D eigenvalue weighted by Crippen LogP contribution is -2.33. The molecule has 6 nitrogen and oxygen atoms in total. The minimum atomic E-state index is -0.566. The van der Waals surface area contributed by atoms with E-state index >= 15 is 0 Å². The van der Waals surface area contributed by atoms with Crippen LogP contribution in [0.1, 0.15) is 6.92 Å². The van der Waals surface area contributed by atoms with Crippen LogP contribution in [-0.2, 0) is 4.79 Å². The number of carbonyl (C=O) groups excluding carboxylic acids is 1. The fourth-order valence-electron chi connectivity index (χ4n) is 0.761. The first-order valence-electron chi connectivity index (χ1n) is 3.84. The monoisotopic (exact) mass is 215 g/mol. The first-order valence-corrected chi connectivity index (χ1v) is 4.22. The molecule has 1 amide bonds. The first-order chi connectivity index (χ1) is 6.50. The van der Waals surface area contributed by atoms with Gasteiger partial charge in [-0.3, -0.25) is 4.79 Å². The molecule has 0 saturated heterocycles. The normalized spacial score (nSPS) is 12.1. The fraction of sp³-hybridized carbons (Fsp3) is 0.286. The molecular weight excluding hydrogens is 206 g/mol. The van der Waals surface area contributed by atoms with E-state index in [0.717, 1.165) is 0 Å². The number of amides is 1. The van der Waals surface area contributed by atoms with E-state index in [4.69, 9.17) is 23.1 Å². The summed E-state index contributed by atoms with van der Waals surface area (Å²) in [6.45, 7) is 1.60. The molecule has 1 atom stereocenters. The van der Waals surface area contributed by atoms with Crippen LogP contribution in [0.15, 0.2) is 6.20 Å². The molecule has 0 bridgehead atoms.